The maximum absolute atomic E-state index is 12.1. The standard InChI is InChI=1S/C26H20N2O4/c27-26(30)17-7-5-16(6-8-17)25(20-11-13-28-22-4-2-1-3-19(20)22)32-18-9-10-21-23(29)12-14-31-24(21)15-18/h1-11,13,15,25H,12,14H2,(H2,27,30)/t25-/m0/s1. The fraction of sp³-hybridized carbons (Fsp3) is 0.115. The lowest BCUT2D eigenvalue weighted by molar-refractivity contribution is 0.0932. The van der Waals surface area contributed by atoms with E-state index in [0.29, 0.717) is 35.7 Å². The fourth-order valence-electron chi connectivity index (χ4n) is 3.93. The molecule has 0 spiro atoms. The number of benzene rings is 3. The zero-order valence-corrected chi connectivity index (χ0v) is 17.2. The zero-order valence-electron chi connectivity index (χ0n) is 17.2. The number of carbonyl (C=O) groups excluding carboxylic acids is 2. The summed E-state index contributed by atoms with van der Waals surface area (Å²) in [5.41, 5.74) is 9.03. The average Bonchev–Trinajstić information content (AvgIpc) is 2.82. The van der Waals surface area contributed by atoms with E-state index in [1.165, 1.54) is 0 Å². The van der Waals surface area contributed by atoms with Crippen molar-refractivity contribution in [3.8, 4) is 11.5 Å². The van der Waals surface area contributed by atoms with Crippen LogP contribution in [0.5, 0.6) is 11.5 Å². The third-order valence-corrected chi connectivity index (χ3v) is 5.56. The molecule has 0 saturated heterocycles. The van der Waals surface area contributed by atoms with Gasteiger partial charge in [-0.15, -0.1) is 0 Å². The van der Waals surface area contributed by atoms with Gasteiger partial charge in [-0.2, -0.15) is 0 Å². The maximum atomic E-state index is 12.1. The minimum atomic E-state index is -0.486. The highest BCUT2D eigenvalue weighted by molar-refractivity contribution is 5.99. The van der Waals surface area contributed by atoms with Gasteiger partial charge in [0, 0.05) is 35.2 Å². The average molecular weight is 424 g/mol. The number of ketones is 1. The van der Waals surface area contributed by atoms with Gasteiger partial charge in [0.2, 0.25) is 5.91 Å². The van der Waals surface area contributed by atoms with Crippen LogP contribution in [-0.4, -0.2) is 23.3 Å². The Morgan fingerprint density at radius 1 is 1.03 bits per heavy atom. The first-order valence-corrected chi connectivity index (χ1v) is 10.3. The molecule has 1 atom stereocenters. The number of amides is 1. The van der Waals surface area contributed by atoms with Crippen molar-refractivity contribution in [3.05, 3.63) is 101 Å². The highest BCUT2D eigenvalue weighted by atomic mass is 16.5. The molecule has 1 aromatic heterocycles. The van der Waals surface area contributed by atoms with Crippen LogP contribution in [0.2, 0.25) is 0 Å². The number of ether oxygens (including phenoxy) is 2. The highest BCUT2D eigenvalue weighted by Gasteiger charge is 2.23. The van der Waals surface area contributed by atoms with Gasteiger partial charge in [-0.1, -0.05) is 30.3 Å². The van der Waals surface area contributed by atoms with Gasteiger partial charge in [0.25, 0.3) is 0 Å². The number of hydrogen-bond acceptors (Lipinski definition) is 5. The van der Waals surface area contributed by atoms with Crippen LogP contribution < -0.4 is 15.2 Å². The summed E-state index contributed by atoms with van der Waals surface area (Å²) >= 11 is 0. The molecule has 6 nitrogen and oxygen atoms in total. The van der Waals surface area contributed by atoms with E-state index in [1.807, 2.05) is 42.5 Å². The number of Topliss-reactive ketones (excluding diaryl/α,β-unsaturated/α-hetero) is 1. The van der Waals surface area contributed by atoms with Crippen LogP contribution in [0, 0.1) is 0 Å². The summed E-state index contributed by atoms with van der Waals surface area (Å²) < 4.78 is 12.1. The molecule has 0 radical (unpaired) electrons. The predicted molar refractivity (Wildman–Crippen MR) is 120 cm³/mol. The van der Waals surface area contributed by atoms with Crippen molar-refractivity contribution in [2.75, 3.05) is 6.61 Å². The van der Waals surface area contributed by atoms with Gasteiger partial charge in [0.1, 0.15) is 17.6 Å². The van der Waals surface area contributed by atoms with Gasteiger partial charge in [0.15, 0.2) is 5.78 Å². The van der Waals surface area contributed by atoms with E-state index in [9.17, 15) is 9.59 Å². The predicted octanol–water partition coefficient (Wildman–Crippen LogP) is 4.47. The fourth-order valence-corrected chi connectivity index (χ4v) is 3.93. The number of aromatic nitrogens is 1. The lowest BCUT2D eigenvalue weighted by Crippen LogP contribution is -2.16. The summed E-state index contributed by atoms with van der Waals surface area (Å²) in [6, 6.07) is 22.1. The van der Waals surface area contributed by atoms with E-state index >= 15 is 0 Å². The first-order chi connectivity index (χ1) is 15.6. The molecule has 3 aromatic carbocycles. The number of rotatable bonds is 5. The second-order valence-electron chi connectivity index (χ2n) is 7.58. The molecule has 5 rings (SSSR count). The number of nitrogens with two attached hydrogens (primary N) is 1. The molecular weight excluding hydrogens is 404 g/mol. The maximum Gasteiger partial charge on any atom is 0.248 e. The lowest BCUT2D eigenvalue weighted by atomic mass is 9.97. The second-order valence-corrected chi connectivity index (χ2v) is 7.58. The lowest BCUT2D eigenvalue weighted by Gasteiger charge is -2.23. The highest BCUT2D eigenvalue weighted by Crippen LogP contribution is 2.35. The van der Waals surface area contributed by atoms with Gasteiger partial charge in [-0.25, -0.2) is 0 Å². The number of carbonyl (C=O) groups is 2. The van der Waals surface area contributed by atoms with E-state index in [-0.39, 0.29) is 5.78 Å². The summed E-state index contributed by atoms with van der Waals surface area (Å²) in [4.78, 5) is 28.1. The van der Waals surface area contributed by atoms with Crippen molar-refractivity contribution < 1.29 is 19.1 Å². The van der Waals surface area contributed by atoms with Crippen molar-refractivity contribution in [2.45, 2.75) is 12.5 Å². The van der Waals surface area contributed by atoms with Crippen molar-refractivity contribution in [1.29, 1.82) is 0 Å². The second kappa shape index (κ2) is 8.15. The van der Waals surface area contributed by atoms with Gasteiger partial charge >= 0.3 is 0 Å². The third kappa shape index (κ3) is 3.67. The molecule has 0 unspecified atom stereocenters. The molecule has 158 valence electrons. The molecule has 1 aliphatic rings. The van der Waals surface area contributed by atoms with Crippen LogP contribution in [0.25, 0.3) is 10.9 Å². The molecule has 1 amide bonds. The number of nitrogens with zero attached hydrogens (tertiary/aromatic N) is 1. The molecule has 0 aliphatic carbocycles. The molecule has 32 heavy (non-hydrogen) atoms. The molecule has 0 saturated carbocycles. The van der Waals surface area contributed by atoms with Crippen molar-refractivity contribution in [1.82, 2.24) is 4.98 Å². The van der Waals surface area contributed by atoms with E-state index in [4.69, 9.17) is 15.2 Å². The van der Waals surface area contributed by atoms with Gasteiger partial charge in [-0.05, 0) is 42.0 Å². The van der Waals surface area contributed by atoms with Crippen LogP contribution in [0.4, 0.5) is 0 Å². The summed E-state index contributed by atoms with van der Waals surface area (Å²) in [5.74, 6) is 0.681. The van der Waals surface area contributed by atoms with Crippen LogP contribution >= 0.6 is 0 Å². The smallest absolute Gasteiger partial charge is 0.248 e. The Bertz CT molecular complexity index is 1330. The van der Waals surface area contributed by atoms with E-state index < -0.39 is 12.0 Å². The molecule has 2 heterocycles. The van der Waals surface area contributed by atoms with Gasteiger partial charge in [-0.3, -0.25) is 14.6 Å². The summed E-state index contributed by atoms with van der Waals surface area (Å²) in [5, 5.41) is 0.961. The van der Waals surface area contributed by atoms with Crippen LogP contribution in [0.3, 0.4) is 0 Å². The van der Waals surface area contributed by atoms with E-state index in [1.54, 1.807) is 36.5 Å². The van der Waals surface area contributed by atoms with E-state index in [2.05, 4.69) is 4.98 Å². The van der Waals surface area contributed by atoms with Crippen molar-refractivity contribution in [3.63, 3.8) is 0 Å². The first kappa shape index (κ1) is 19.8. The summed E-state index contributed by atoms with van der Waals surface area (Å²) in [6.07, 6.45) is 1.65. The molecule has 4 aromatic rings. The molecule has 0 fully saturated rings. The number of fused-ring (bicyclic) bond motifs is 2. The Labute approximate surface area is 184 Å². The van der Waals surface area contributed by atoms with Crippen LogP contribution in [0.15, 0.2) is 79.0 Å². The number of para-hydroxylation sites is 1. The third-order valence-electron chi connectivity index (χ3n) is 5.56. The van der Waals surface area contributed by atoms with Gasteiger partial charge < -0.3 is 15.2 Å². The normalized spacial score (nSPS) is 13.8. The number of primary amides is 1. The molecule has 6 heteroatoms. The summed E-state index contributed by atoms with van der Waals surface area (Å²) in [6.45, 7) is 0.363. The molecule has 0 bridgehead atoms. The molecular formula is C26H20N2O4. The zero-order chi connectivity index (χ0) is 22.1. The number of pyridine rings is 1. The Hall–Kier alpha value is -4.19. The minimum absolute atomic E-state index is 0.0662. The Balaban J connectivity index is 1.60. The van der Waals surface area contributed by atoms with Crippen LogP contribution in [0.1, 0.15) is 44.4 Å². The quantitative estimate of drug-likeness (QED) is 0.510. The Morgan fingerprint density at radius 3 is 2.66 bits per heavy atom. The first-order valence-electron chi connectivity index (χ1n) is 10.3. The number of hydrogen-bond donors (Lipinski definition) is 1. The topological polar surface area (TPSA) is 91.5 Å². The van der Waals surface area contributed by atoms with Crippen molar-refractivity contribution >= 4 is 22.6 Å². The largest absolute Gasteiger partial charge is 0.492 e. The van der Waals surface area contributed by atoms with Crippen LogP contribution in [-0.2, 0) is 0 Å². The summed E-state index contributed by atoms with van der Waals surface area (Å²) in [7, 11) is 0. The van der Waals surface area contributed by atoms with Gasteiger partial charge in [0.05, 0.1) is 17.7 Å². The minimum Gasteiger partial charge on any atom is -0.492 e. The monoisotopic (exact) mass is 424 g/mol. The molecule has 2 N–H and O–H groups in total. The Morgan fingerprint density at radius 2 is 1.84 bits per heavy atom. The SMILES string of the molecule is NC(=O)c1ccc([C@H](Oc2ccc3c(c2)OCCC3=O)c2ccnc3ccccc23)cc1. The molecule has 1 aliphatic heterocycles. The van der Waals surface area contributed by atoms with E-state index in [0.717, 1.165) is 22.0 Å². The Kier molecular flexibility index (Phi) is 5.03. The van der Waals surface area contributed by atoms with Crippen molar-refractivity contribution in [2.24, 2.45) is 5.73 Å².